The number of methoxy groups -OCH3 is 1. The molecular weight excluding hydrogens is 384 g/mol. The van der Waals surface area contributed by atoms with Gasteiger partial charge in [0.25, 0.3) is 17.0 Å². The summed E-state index contributed by atoms with van der Waals surface area (Å²) >= 11 is 0. The second-order valence-electron chi connectivity index (χ2n) is 8.29. The Kier molecular flexibility index (Phi) is 5.74. The Hall–Kier alpha value is -2.90. The van der Waals surface area contributed by atoms with Crippen LogP contribution in [0.15, 0.2) is 27.9 Å². The minimum atomic E-state index is -0.255. The SMILES string of the molecule is COc1cc(=O)n(C)cc1C(=O)NC1CCC(n2nc3c(cc2=O)CCCC3)CC1. The molecule has 0 aliphatic heterocycles. The highest BCUT2D eigenvalue weighted by Crippen LogP contribution is 2.28. The van der Waals surface area contributed by atoms with Gasteiger partial charge >= 0.3 is 0 Å². The Morgan fingerprint density at radius 2 is 1.83 bits per heavy atom. The third-order valence-corrected chi connectivity index (χ3v) is 6.27. The number of nitrogens with zero attached hydrogens (tertiary/aromatic N) is 3. The molecule has 160 valence electrons. The van der Waals surface area contributed by atoms with Crippen molar-refractivity contribution in [1.82, 2.24) is 19.7 Å². The summed E-state index contributed by atoms with van der Waals surface area (Å²) in [7, 11) is 3.05. The molecule has 1 fully saturated rings. The smallest absolute Gasteiger partial charge is 0.267 e. The summed E-state index contributed by atoms with van der Waals surface area (Å²) in [5.41, 5.74) is 2.27. The van der Waals surface area contributed by atoms with E-state index in [2.05, 4.69) is 10.4 Å². The van der Waals surface area contributed by atoms with Gasteiger partial charge in [-0.2, -0.15) is 5.10 Å². The molecule has 8 nitrogen and oxygen atoms in total. The Morgan fingerprint density at radius 3 is 2.57 bits per heavy atom. The molecule has 0 bridgehead atoms. The molecule has 2 aromatic heterocycles. The largest absolute Gasteiger partial charge is 0.496 e. The molecule has 1 N–H and O–H groups in total. The molecule has 2 aromatic rings. The van der Waals surface area contributed by atoms with E-state index in [9.17, 15) is 14.4 Å². The Labute approximate surface area is 174 Å². The highest BCUT2D eigenvalue weighted by Gasteiger charge is 2.27. The molecule has 0 spiro atoms. The molecule has 1 saturated carbocycles. The number of hydrogen-bond acceptors (Lipinski definition) is 5. The van der Waals surface area contributed by atoms with Crippen molar-refractivity contribution in [3.8, 4) is 5.75 Å². The molecule has 4 rings (SSSR count). The van der Waals surface area contributed by atoms with Gasteiger partial charge in [-0.15, -0.1) is 0 Å². The van der Waals surface area contributed by atoms with Crippen LogP contribution in [0.25, 0.3) is 0 Å². The molecular formula is C22H28N4O4. The fourth-order valence-electron chi connectivity index (χ4n) is 4.52. The monoisotopic (exact) mass is 412 g/mol. The van der Waals surface area contributed by atoms with E-state index in [1.54, 1.807) is 17.8 Å². The Balaban J connectivity index is 1.42. The van der Waals surface area contributed by atoms with Crippen molar-refractivity contribution in [2.24, 2.45) is 7.05 Å². The van der Waals surface area contributed by atoms with Crippen molar-refractivity contribution in [2.45, 2.75) is 63.5 Å². The molecule has 2 aliphatic rings. The molecule has 0 radical (unpaired) electrons. The summed E-state index contributed by atoms with van der Waals surface area (Å²) in [5, 5.41) is 7.73. The first-order valence-corrected chi connectivity index (χ1v) is 10.6. The second-order valence-corrected chi connectivity index (χ2v) is 8.29. The highest BCUT2D eigenvalue weighted by molar-refractivity contribution is 5.96. The fraction of sp³-hybridized carbons (Fsp3) is 0.545. The van der Waals surface area contributed by atoms with Crippen molar-refractivity contribution in [2.75, 3.05) is 7.11 Å². The zero-order valence-corrected chi connectivity index (χ0v) is 17.5. The number of hydrogen-bond donors (Lipinski definition) is 1. The van der Waals surface area contributed by atoms with Gasteiger partial charge in [0.05, 0.1) is 24.4 Å². The van der Waals surface area contributed by atoms with E-state index >= 15 is 0 Å². The van der Waals surface area contributed by atoms with Crippen LogP contribution < -0.4 is 21.2 Å². The third kappa shape index (κ3) is 4.04. The van der Waals surface area contributed by atoms with Crippen LogP contribution in [0.2, 0.25) is 0 Å². The maximum absolute atomic E-state index is 12.7. The third-order valence-electron chi connectivity index (χ3n) is 6.27. The Morgan fingerprint density at radius 1 is 1.10 bits per heavy atom. The lowest BCUT2D eigenvalue weighted by Gasteiger charge is -2.30. The number of aromatic nitrogens is 3. The van der Waals surface area contributed by atoms with Crippen LogP contribution in [0.3, 0.4) is 0 Å². The molecule has 30 heavy (non-hydrogen) atoms. The van der Waals surface area contributed by atoms with E-state index in [0.29, 0.717) is 5.56 Å². The van der Waals surface area contributed by atoms with Gasteiger partial charge < -0.3 is 14.6 Å². The van der Waals surface area contributed by atoms with Crippen molar-refractivity contribution in [3.63, 3.8) is 0 Å². The van der Waals surface area contributed by atoms with Gasteiger partial charge in [0.1, 0.15) is 5.75 Å². The van der Waals surface area contributed by atoms with Crippen LogP contribution in [0.5, 0.6) is 5.75 Å². The number of amides is 1. The van der Waals surface area contributed by atoms with Gasteiger partial charge in [0.2, 0.25) is 0 Å². The molecule has 0 aromatic carbocycles. The summed E-state index contributed by atoms with van der Waals surface area (Å²) in [6.45, 7) is 0. The summed E-state index contributed by atoms with van der Waals surface area (Å²) in [6.07, 6.45) is 8.79. The topological polar surface area (TPSA) is 95.2 Å². The molecule has 0 atom stereocenters. The average molecular weight is 412 g/mol. The highest BCUT2D eigenvalue weighted by atomic mass is 16.5. The predicted molar refractivity (Wildman–Crippen MR) is 112 cm³/mol. The van der Waals surface area contributed by atoms with Crippen molar-refractivity contribution in [3.05, 3.63) is 55.9 Å². The molecule has 8 heteroatoms. The first-order valence-electron chi connectivity index (χ1n) is 10.6. The lowest BCUT2D eigenvalue weighted by Crippen LogP contribution is -2.40. The first kappa shape index (κ1) is 20.4. The maximum atomic E-state index is 12.7. The number of nitrogens with one attached hydrogen (secondary N) is 1. The van der Waals surface area contributed by atoms with Gasteiger partial charge in [-0.05, 0) is 56.9 Å². The number of pyridine rings is 1. The molecule has 0 unspecified atom stereocenters. The lowest BCUT2D eigenvalue weighted by atomic mass is 9.90. The molecule has 2 aliphatic carbocycles. The van der Waals surface area contributed by atoms with Crippen molar-refractivity contribution < 1.29 is 9.53 Å². The predicted octanol–water partition coefficient (Wildman–Crippen LogP) is 1.74. The normalized spacial score (nSPS) is 21.0. The van der Waals surface area contributed by atoms with E-state index in [1.165, 1.54) is 23.9 Å². The number of ether oxygens (including phenoxy) is 1. The van der Waals surface area contributed by atoms with Crippen LogP contribution in [-0.2, 0) is 19.9 Å². The van der Waals surface area contributed by atoms with Gasteiger partial charge in [-0.1, -0.05) is 0 Å². The molecule has 0 saturated heterocycles. The zero-order valence-electron chi connectivity index (χ0n) is 17.5. The lowest BCUT2D eigenvalue weighted by molar-refractivity contribution is 0.0917. The first-order chi connectivity index (χ1) is 14.5. The van der Waals surface area contributed by atoms with Gasteiger partial charge in [0, 0.05) is 31.4 Å². The van der Waals surface area contributed by atoms with Gasteiger partial charge in [-0.3, -0.25) is 14.4 Å². The number of fused-ring (bicyclic) bond motifs is 1. The molecule has 1 amide bonds. The number of aryl methyl sites for hydroxylation is 3. The van der Waals surface area contributed by atoms with E-state index in [-0.39, 0.29) is 34.9 Å². The number of carbonyl (C=O) groups excluding carboxylic acids is 1. The van der Waals surface area contributed by atoms with Crippen LogP contribution in [0.4, 0.5) is 0 Å². The Bertz CT molecular complexity index is 1060. The minimum absolute atomic E-state index is 0.0157. The van der Waals surface area contributed by atoms with Crippen LogP contribution in [-0.4, -0.2) is 33.4 Å². The van der Waals surface area contributed by atoms with Gasteiger partial charge in [-0.25, -0.2) is 4.68 Å². The number of carbonyl (C=O) groups is 1. The fourth-order valence-corrected chi connectivity index (χ4v) is 4.52. The van der Waals surface area contributed by atoms with E-state index in [4.69, 9.17) is 4.74 Å². The van der Waals surface area contributed by atoms with E-state index in [0.717, 1.165) is 62.6 Å². The van der Waals surface area contributed by atoms with E-state index in [1.807, 2.05) is 0 Å². The average Bonchev–Trinajstić information content (AvgIpc) is 2.75. The maximum Gasteiger partial charge on any atom is 0.267 e. The van der Waals surface area contributed by atoms with Gasteiger partial charge in [0.15, 0.2) is 0 Å². The molecule has 2 heterocycles. The summed E-state index contributed by atoms with van der Waals surface area (Å²) in [4.78, 5) is 37.1. The van der Waals surface area contributed by atoms with E-state index < -0.39 is 0 Å². The van der Waals surface area contributed by atoms with Crippen molar-refractivity contribution >= 4 is 5.91 Å². The van der Waals surface area contributed by atoms with Crippen molar-refractivity contribution in [1.29, 1.82) is 0 Å². The minimum Gasteiger partial charge on any atom is -0.496 e. The number of rotatable bonds is 4. The van der Waals surface area contributed by atoms with Crippen LogP contribution >= 0.6 is 0 Å². The summed E-state index contributed by atoms with van der Waals surface area (Å²) in [5.74, 6) is 0.0177. The van der Waals surface area contributed by atoms with Crippen LogP contribution in [0, 0.1) is 0 Å². The summed E-state index contributed by atoms with van der Waals surface area (Å²) in [6, 6.07) is 3.18. The summed E-state index contributed by atoms with van der Waals surface area (Å²) < 4.78 is 8.23. The van der Waals surface area contributed by atoms with Crippen LogP contribution in [0.1, 0.15) is 66.2 Å². The zero-order chi connectivity index (χ0) is 21.3. The second kappa shape index (κ2) is 8.45. The quantitative estimate of drug-likeness (QED) is 0.825. The standard InChI is InChI=1S/C22H28N4O4/c1-25-13-17(19(30-2)12-20(25)27)22(29)23-15-7-9-16(10-8-15)26-21(28)11-14-5-3-4-6-18(14)24-26/h11-13,15-16H,3-10H2,1-2H3,(H,23,29).